The van der Waals surface area contributed by atoms with Crippen molar-refractivity contribution in [2.24, 2.45) is 0 Å². The fraction of sp³-hybridized carbons (Fsp3) is 0.200. The Hall–Kier alpha value is -1.53. The molecular formula is C10H12N2O3S. The quantitative estimate of drug-likeness (QED) is 0.779. The minimum atomic E-state index is -3.30. The predicted octanol–water partition coefficient (Wildman–Crippen LogP) is 1.43. The molecule has 0 aliphatic heterocycles. The van der Waals surface area contributed by atoms with Gasteiger partial charge in [-0.1, -0.05) is 0 Å². The number of fused-ring (bicyclic) bond motifs is 1. The number of nitrogens with zero attached hydrogens (tertiary/aromatic N) is 1. The van der Waals surface area contributed by atoms with Crippen LogP contribution in [0.4, 0.5) is 0 Å². The van der Waals surface area contributed by atoms with Gasteiger partial charge in [-0.15, -0.1) is 0 Å². The van der Waals surface area contributed by atoms with Crippen LogP contribution in [0, 0.1) is 6.92 Å². The molecule has 86 valence electrons. The second-order valence-electron chi connectivity index (χ2n) is 3.52. The highest BCUT2D eigenvalue weighted by molar-refractivity contribution is 7.94. The number of aromatic amines is 1. The summed E-state index contributed by atoms with van der Waals surface area (Å²) in [4.78, 5) is 6.78. The molecule has 6 heteroatoms. The van der Waals surface area contributed by atoms with E-state index < -0.39 is 9.80 Å². The van der Waals surface area contributed by atoms with Gasteiger partial charge in [-0.05, 0) is 24.4 Å². The van der Waals surface area contributed by atoms with Gasteiger partial charge in [-0.25, -0.2) is 9.19 Å². The molecule has 16 heavy (non-hydrogen) atoms. The lowest BCUT2D eigenvalue weighted by Crippen LogP contribution is -1.99. The molecule has 2 rings (SSSR count). The zero-order chi connectivity index (χ0) is 11.9. The van der Waals surface area contributed by atoms with Crippen molar-refractivity contribution in [1.82, 2.24) is 9.97 Å². The summed E-state index contributed by atoms with van der Waals surface area (Å²) in [6, 6.07) is 3.53. The molecule has 2 aromatic rings. The molecule has 0 saturated heterocycles. The van der Waals surface area contributed by atoms with Crippen LogP contribution in [-0.2, 0) is 9.80 Å². The Morgan fingerprint density at radius 3 is 2.81 bits per heavy atom. The monoisotopic (exact) mass is 240 g/mol. The average Bonchev–Trinajstić information content (AvgIpc) is 2.58. The number of methoxy groups -OCH3 is 1. The number of benzene rings is 1. The largest absolute Gasteiger partial charge is 0.496 e. The highest BCUT2D eigenvalue weighted by Gasteiger charge is 2.11. The molecule has 0 saturated carbocycles. The number of rotatable bonds is 2. The normalized spacial score (nSPS) is 14.9. The van der Waals surface area contributed by atoms with Crippen LogP contribution in [0.25, 0.3) is 11.0 Å². The molecule has 1 aromatic heterocycles. The Kier molecular flexibility index (Phi) is 2.40. The zero-order valence-electron chi connectivity index (χ0n) is 8.98. The summed E-state index contributed by atoms with van der Waals surface area (Å²) in [6.07, 6.45) is 0. The Bertz CT molecular complexity index is 643. The van der Waals surface area contributed by atoms with Crippen molar-refractivity contribution in [2.45, 2.75) is 12.1 Å². The van der Waals surface area contributed by atoms with Crippen molar-refractivity contribution in [3.8, 4) is 5.75 Å². The van der Waals surface area contributed by atoms with Crippen LogP contribution < -0.4 is 4.74 Å². The summed E-state index contributed by atoms with van der Waals surface area (Å²) >= 11 is 0. The summed E-state index contributed by atoms with van der Waals surface area (Å²) in [5.74, 6) is 3.85. The van der Waals surface area contributed by atoms with Gasteiger partial charge in [-0.3, -0.25) is 0 Å². The van der Waals surface area contributed by atoms with Crippen molar-refractivity contribution in [2.75, 3.05) is 7.11 Å². The first-order valence-electron chi connectivity index (χ1n) is 4.56. The Morgan fingerprint density at radius 1 is 1.56 bits per heavy atom. The molecule has 1 heterocycles. The van der Waals surface area contributed by atoms with E-state index in [0.717, 1.165) is 5.56 Å². The highest BCUT2D eigenvalue weighted by atomic mass is 32.2. The lowest BCUT2D eigenvalue weighted by atomic mass is 10.2. The molecule has 0 radical (unpaired) electrons. The van der Waals surface area contributed by atoms with E-state index >= 15 is 0 Å². The van der Waals surface area contributed by atoms with E-state index in [0.29, 0.717) is 16.8 Å². The van der Waals surface area contributed by atoms with Crippen LogP contribution in [0.1, 0.15) is 5.56 Å². The minimum absolute atomic E-state index is 0.0184. The van der Waals surface area contributed by atoms with Crippen molar-refractivity contribution in [3.63, 3.8) is 0 Å². The molecule has 0 spiro atoms. The fourth-order valence-corrected chi connectivity index (χ4v) is 2.00. The number of hydrogen-bond acceptors (Lipinski definition) is 3. The minimum Gasteiger partial charge on any atom is -0.496 e. The smallest absolute Gasteiger partial charge is 0.214 e. The zero-order valence-corrected chi connectivity index (χ0v) is 9.80. The molecule has 0 aliphatic rings. The third kappa shape index (κ3) is 1.77. The summed E-state index contributed by atoms with van der Waals surface area (Å²) < 4.78 is 25.7. The maximum Gasteiger partial charge on any atom is 0.214 e. The number of ether oxygens (including phenoxy) is 1. The molecule has 0 aliphatic carbocycles. The van der Waals surface area contributed by atoms with Crippen molar-refractivity contribution in [3.05, 3.63) is 17.7 Å². The van der Waals surface area contributed by atoms with E-state index in [9.17, 15) is 8.76 Å². The number of aryl methyl sites for hydroxylation is 1. The Labute approximate surface area is 93.3 Å². The first-order valence-corrected chi connectivity index (χ1v) is 6.24. The van der Waals surface area contributed by atoms with E-state index in [1.807, 2.05) is 13.0 Å². The van der Waals surface area contributed by atoms with E-state index in [4.69, 9.17) is 4.74 Å². The number of hydrogen-bond donors (Lipinski definition) is 2. The van der Waals surface area contributed by atoms with E-state index in [1.54, 1.807) is 13.2 Å². The maximum absolute atomic E-state index is 11.3. The van der Waals surface area contributed by atoms with Gasteiger partial charge < -0.3 is 14.3 Å². The molecule has 0 bridgehead atoms. The van der Waals surface area contributed by atoms with Crippen LogP contribution in [-0.4, -0.2) is 31.7 Å². The Balaban J connectivity index is 2.72. The third-order valence-electron chi connectivity index (χ3n) is 2.28. The summed E-state index contributed by atoms with van der Waals surface area (Å²) in [5.41, 5.74) is 2.21. The van der Waals surface area contributed by atoms with Crippen LogP contribution in [0.3, 0.4) is 0 Å². The van der Waals surface area contributed by atoms with Crippen LogP contribution in [0.5, 0.6) is 5.75 Å². The lowest BCUT2D eigenvalue weighted by Gasteiger charge is -2.02. The first kappa shape index (κ1) is 11.0. The van der Waals surface area contributed by atoms with Gasteiger partial charge in [0.2, 0.25) is 5.16 Å². The molecule has 1 aromatic carbocycles. The van der Waals surface area contributed by atoms with E-state index in [2.05, 4.69) is 15.8 Å². The van der Waals surface area contributed by atoms with Crippen molar-refractivity contribution < 1.29 is 13.5 Å². The third-order valence-corrected chi connectivity index (χ3v) is 3.08. The highest BCUT2D eigenvalue weighted by Crippen LogP contribution is 2.24. The SMILES string of the molecule is C=S(=O)(O)c1nc2cc(OC)c(C)cc2[nH]1. The second-order valence-corrected chi connectivity index (χ2v) is 5.19. The van der Waals surface area contributed by atoms with E-state index in [-0.39, 0.29) is 5.16 Å². The first-order chi connectivity index (χ1) is 7.41. The van der Waals surface area contributed by atoms with Crippen molar-refractivity contribution >= 4 is 26.7 Å². The predicted molar refractivity (Wildman–Crippen MR) is 63.5 cm³/mol. The number of nitrogens with one attached hydrogen (secondary N) is 1. The maximum atomic E-state index is 11.3. The fourth-order valence-electron chi connectivity index (χ4n) is 1.49. The molecule has 0 fully saturated rings. The van der Waals surface area contributed by atoms with Gasteiger partial charge in [0.25, 0.3) is 0 Å². The van der Waals surface area contributed by atoms with Gasteiger partial charge in [0.05, 0.1) is 18.1 Å². The molecule has 0 amide bonds. The summed E-state index contributed by atoms with van der Waals surface area (Å²) in [5, 5.41) is -0.0184. The molecule has 5 nitrogen and oxygen atoms in total. The van der Waals surface area contributed by atoms with Gasteiger partial charge in [0, 0.05) is 6.07 Å². The van der Waals surface area contributed by atoms with Crippen LogP contribution in [0.2, 0.25) is 0 Å². The summed E-state index contributed by atoms with van der Waals surface area (Å²) in [7, 11) is -1.74. The number of imidazole rings is 1. The lowest BCUT2D eigenvalue weighted by molar-refractivity contribution is 0.412. The van der Waals surface area contributed by atoms with Gasteiger partial charge in [0.15, 0.2) is 0 Å². The van der Waals surface area contributed by atoms with E-state index in [1.165, 1.54) is 0 Å². The van der Waals surface area contributed by atoms with Gasteiger partial charge >= 0.3 is 0 Å². The molecule has 1 unspecified atom stereocenters. The van der Waals surface area contributed by atoms with Crippen molar-refractivity contribution in [1.29, 1.82) is 0 Å². The van der Waals surface area contributed by atoms with Gasteiger partial charge in [0.1, 0.15) is 15.6 Å². The standard InChI is InChI=1S/C10H12N2O3S/c1-6-4-7-8(5-9(6)15-2)12-10(11-7)16(3,13)14/h4-5H,3H2,1-2H3,(H,11,12)(H,13,14). The topological polar surface area (TPSA) is 75.2 Å². The number of H-pyrrole nitrogens is 1. The number of aromatic nitrogens is 2. The molecule has 1 atom stereocenters. The summed E-state index contributed by atoms with van der Waals surface area (Å²) in [6.45, 7) is 1.89. The average molecular weight is 240 g/mol. The van der Waals surface area contributed by atoms with Crippen LogP contribution in [0.15, 0.2) is 17.3 Å². The molecule has 2 N–H and O–H groups in total. The Morgan fingerprint density at radius 2 is 2.25 bits per heavy atom. The van der Waals surface area contributed by atoms with Crippen LogP contribution >= 0.6 is 0 Å². The second kappa shape index (κ2) is 3.50. The molecular weight excluding hydrogens is 228 g/mol. The van der Waals surface area contributed by atoms with Gasteiger partial charge in [-0.2, -0.15) is 0 Å².